The molecule has 0 heterocycles. The Morgan fingerprint density at radius 3 is 2.29 bits per heavy atom. The molecule has 0 radical (unpaired) electrons. The second-order valence-corrected chi connectivity index (χ2v) is 8.47. The second kappa shape index (κ2) is 6.01. The quantitative estimate of drug-likeness (QED) is 0.854. The van der Waals surface area contributed by atoms with Crippen LogP contribution in [0, 0.1) is 35.4 Å². The van der Waals surface area contributed by atoms with E-state index in [-0.39, 0.29) is 11.7 Å². The topological polar surface area (TPSA) is 29.5 Å². The van der Waals surface area contributed by atoms with Crippen LogP contribution in [0.15, 0.2) is 18.2 Å². The Morgan fingerprint density at radius 2 is 1.79 bits per heavy atom. The molecule has 3 heteroatoms. The smallest absolute Gasteiger partial charge is 0.165 e. The third-order valence-electron chi connectivity index (χ3n) is 7.29. The Labute approximate surface area is 144 Å². The van der Waals surface area contributed by atoms with Gasteiger partial charge in [-0.1, -0.05) is 19.4 Å². The molecule has 0 aromatic heterocycles. The first-order valence-corrected chi connectivity index (χ1v) is 9.59. The molecule has 0 aliphatic heterocycles. The van der Waals surface area contributed by atoms with Crippen molar-refractivity contribution in [1.82, 2.24) is 0 Å². The molecule has 4 fully saturated rings. The highest BCUT2D eigenvalue weighted by molar-refractivity contribution is 5.30. The molecule has 24 heavy (non-hydrogen) atoms. The Bertz CT molecular complexity index is 584. The van der Waals surface area contributed by atoms with Crippen LogP contribution in [0.1, 0.15) is 51.0 Å². The maximum atomic E-state index is 14.0. The third kappa shape index (κ3) is 2.47. The first kappa shape index (κ1) is 16.4. The molecular formula is C21H29FO2. The number of methoxy groups -OCH3 is 1. The lowest BCUT2D eigenvalue weighted by Gasteiger charge is -2.61. The molecular weight excluding hydrogens is 303 g/mol. The SMILES string of the molecule is CC[C@@H](Cc1ccc(OC)c(F)c1)C1(O)C2CC3CC(C2)CC1C3. The van der Waals surface area contributed by atoms with Crippen LogP contribution in [-0.2, 0) is 6.42 Å². The Balaban J connectivity index is 1.58. The van der Waals surface area contributed by atoms with E-state index in [4.69, 9.17) is 4.74 Å². The van der Waals surface area contributed by atoms with Gasteiger partial charge in [0.1, 0.15) is 0 Å². The average Bonchev–Trinajstić information content (AvgIpc) is 2.57. The van der Waals surface area contributed by atoms with Crippen LogP contribution in [0.25, 0.3) is 0 Å². The molecule has 4 aliphatic carbocycles. The van der Waals surface area contributed by atoms with Crippen molar-refractivity contribution in [3.63, 3.8) is 0 Å². The highest BCUT2D eigenvalue weighted by atomic mass is 19.1. The van der Waals surface area contributed by atoms with Crippen molar-refractivity contribution in [1.29, 1.82) is 0 Å². The zero-order chi connectivity index (χ0) is 16.9. The monoisotopic (exact) mass is 332 g/mol. The van der Waals surface area contributed by atoms with Crippen LogP contribution in [0.3, 0.4) is 0 Å². The number of ether oxygens (including phenoxy) is 1. The van der Waals surface area contributed by atoms with Crippen LogP contribution < -0.4 is 4.74 Å². The highest BCUT2D eigenvalue weighted by Crippen LogP contribution is 2.61. The van der Waals surface area contributed by atoms with E-state index in [1.807, 2.05) is 6.07 Å². The minimum Gasteiger partial charge on any atom is -0.494 e. The summed E-state index contributed by atoms with van der Waals surface area (Å²) in [4.78, 5) is 0. The number of halogens is 1. The van der Waals surface area contributed by atoms with Crippen molar-refractivity contribution >= 4 is 0 Å². The maximum absolute atomic E-state index is 14.0. The summed E-state index contributed by atoms with van der Waals surface area (Å²) >= 11 is 0. The van der Waals surface area contributed by atoms with E-state index >= 15 is 0 Å². The second-order valence-electron chi connectivity index (χ2n) is 8.47. The van der Waals surface area contributed by atoms with Gasteiger partial charge in [-0.25, -0.2) is 4.39 Å². The molecule has 4 bridgehead atoms. The molecule has 0 amide bonds. The van der Waals surface area contributed by atoms with E-state index in [0.717, 1.165) is 30.2 Å². The van der Waals surface area contributed by atoms with Gasteiger partial charge < -0.3 is 9.84 Å². The summed E-state index contributed by atoms with van der Waals surface area (Å²) in [6.07, 6.45) is 7.92. The molecule has 0 unspecified atom stereocenters. The molecule has 132 valence electrons. The summed E-state index contributed by atoms with van der Waals surface area (Å²) < 4.78 is 19.1. The lowest BCUT2D eigenvalue weighted by atomic mass is 9.46. The van der Waals surface area contributed by atoms with Crippen molar-refractivity contribution in [3.05, 3.63) is 29.6 Å². The van der Waals surface area contributed by atoms with Crippen molar-refractivity contribution < 1.29 is 14.2 Å². The highest BCUT2D eigenvalue weighted by Gasteiger charge is 2.58. The summed E-state index contributed by atoms with van der Waals surface area (Å²) in [5, 5.41) is 11.8. The van der Waals surface area contributed by atoms with E-state index in [2.05, 4.69) is 6.92 Å². The van der Waals surface area contributed by atoms with E-state index in [0.29, 0.717) is 17.6 Å². The number of rotatable bonds is 5. The fraction of sp³-hybridized carbons (Fsp3) is 0.714. The predicted octanol–water partition coefficient (Wildman–Crippen LogP) is 4.59. The lowest BCUT2D eigenvalue weighted by molar-refractivity contribution is -0.202. The number of aliphatic hydroxyl groups is 1. The fourth-order valence-corrected chi connectivity index (χ4v) is 6.36. The molecule has 1 N–H and O–H groups in total. The van der Waals surface area contributed by atoms with Gasteiger partial charge in [-0.05, 0) is 85.8 Å². The van der Waals surface area contributed by atoms with Gasteiger partial charge in [0, 0.05) is 0 Å². The van der Waals surface area contributed by atoms with Gasteiger partial charge in [0.25, 0.3) is 0 Å². The molecule has 0 spiro atoms. The Hall–Kier alpha value is -1.09. The minimum absolute atomic E-state index is 0.222. The molecule has 4 saturated carbocycles. The van der Waals surface area contributed by atoms with Gasteiger partial charge in [-0.2, -0.15) is 0 Å². The molecule has 5 rings (SSSR count). The van der Waals surface area contributed by atoms with E-state index in [1.165, 1.54) is 39.2 Å². The number of hydrogen-bond donors (Lipinski definition) is 1. The molecule has 0 saturated heterocycles. The fourth-order valence-electron chi connectivity index (χ4n) is 6.36. The van der Waals surface area contributed by atoms with Crippen molar-refractivity contribution in [2.24, 2.45) is 29.6 Å². The lowest BCUT2D eigenvalue weighted by Crippen LogP contribution is -2.61. The standard InChI is InChI=1S/C21H29FO2/c1-3-16(7-13-4-5-20(24-2)19(22)12-13)21(23)17-8-14-6-15(10-17)11-18(21)9-14/h4-5,12,14-18,23H,3,6-11H2,1-2H3/t14?,15?,16-,17?,18?,21?/m0/s1. The normalized spacial score (nSPS) is 38.3. The first-order valence-electron chi connectivity index (χ1n) is 9.59. The van der Waals surface area contributed by atoms with E-state index in [1.54, 1.807) is 12.1 Å². The summed E-state index contributed by atoms with van der Waals surface area (Å²) in [6.45, 7) is 2.17. The van der Waals surface area contributed by atoms with Gasteiger partial charge in [0.15, 0.2) is 11.6 Å². The molecule has 1 aromatic rings. The maximum Gasteiger partial charge on any atom is 0.165 e. The van der Waals surface area contributed by atoms with Gasteiger partial charge >= 0.3 is 0 Å². The zero-order valence-corrected chi connectivity index (χ0v) is 14.8. The minimum atomic E-state index is -0.543. The number of benzene rings is 1. The first-order chi connectivity index (χ1) is 11.5. The van der Waals surface area contributed by atoms with Crippen LogP contribution >= 0.6 is 0 Å². The van der Waals surface area contributed by atoms with Crippen molar-refractivity contribution in [2.75, 3.05) is 7.11 Å². The largest absolute Gasteiger partial charge is 0.494 e. The van der Waals surface area contributed by atoms with Gasteiger partial charge in [0.05, 0.1) is 12.7 Å². The van der Waals surface area contributed by atoms with Gasteiger partial charge in [-0.15, -0.1) is 0 Å². The molecule has 1 atom stereocenters. The van der Waals surface area contributed by atoms with Crippen LogP contribution in [0.2, 0.25) is 0 Å². The summed E-state index contributed by atoms with van der Waals surface area (Å²) in [7, 11) is 1.49. The summed E-state index contributed by atoms with van der Waals surface area (Å²) in [5.41, 5.74) is 0.431. The van der Waals surface area contributed by atoms with Crippen molar-refractivity contribution in [2.45, 2.75) is 57.5 Å². The Morgan fingerprint density at radius 1 is 1.17 bits per heavy atom. The van der Waals surface area contributed by atoms with Crippen LogP contribution in [-0.4, -0.2) is 17.8 Å². The predicted molar refractivity (Wildman–Crippen MR) is 92.4 cm³/mol. The van der Waals surface area contributed by atoms with Crippen molar-refractivity contribution in [3.8, 4) is 5.75 Å². The summed E-state index contributed by atoms with van der Waals surface area (Å²) in [6, 6.07) is 5.24. The Kier molecular flexibility index (Phi) is 4.11. The molecule has 1 aromatic carbocycles. The summed E-state index contributed by atoms with van der Waals surface area (Å²) in [5.74, 6) is 2.83. The van der Waals surface area contributed by atoms with Gasteiger partial charge in [-0.3, -0.25) is 0 Å². The zero-order valence-electron chi connectivity index (χ0n) is 14.8. The number of hydrogen-bond acceptors (Lipinski definition) is 2. The van der Waals surface area contributed by atoms with E-state index < -0.39 is 5.60 Å². The van der Waals surface area contributed by atoms with Crippen LogP contribution in [0.5, 0.6) is 5.75 Å². The van der Waals surface area contributed by atoms with E-state index in [9.17, 15) is 9.50 Å². The van der Waals surface area contributed by atoms with Gasteiger partial charge in [0.2, 0.25) is 0 Å². The molecule has 4 aliphatic rings. The average molecular weight is 332 g/mol. The van der Waals surface area contributed by atoms with Crippen LogP contribution in [0.4, 0.5) is 4.39 Å². The third-order valence-corrected chi connectivity index (χ3v) is 7.29. The molecule has 2 nitrogen and oxygen atoms in total.